The Labute approximate surface area is 123 Å². The summed E-state index contributed by atoms with van der Waals surface area (Å²) in [6.45, 7) is 5.29. The van der Waals surface area contributed by atoms with Gasteiger partial charge in [0.05, 0.1) is 12.6 Å². The minimum Gasteiger partial charge on any atom is -0.393 e. The molecule has 2 aliphatic rings. The lowest BCUT2D eigenvalue weighted by molar-refractivity contribution is -0.133. The standard InChI is InChI=1S/C16H30N2O2/c1-14(19)12-15-8-4-7-11-18(15)13-16(20)17-9-5-2-3-6-10-17/h14-15,19H,2-13H2,1H3. The molecule has 116 valence electrons. The maximum atomic E-state index is 12.5. The third-order valence-corrected chi connectivity index (χ3v) is 4.66. The molecule has 4 nitrogen and oxygen atoms in total. The molecule has 0 aromatic heterocycles. The Morgan fingerprint density at radius 2 is 1.75 bits per heavy atom. The minimum atomic E-state index is -0.270. The van der Waals surface area contributed by atoms with E-state index in [-0.39, 0.29) is 6.10 Å². The molecule has 0 aromatic rings. The zero-order valence-corrected chi connectivity index (χ0v) is 12.9. The van der Waals surface area contributed by atoms with Gasteiger partial charge in [-0.1, -0.05) is 19.3 Å². The minimum absolute atomic E-state index is 0.270. The first-order valence-corrected chi connectivity index (χ1v) is 8.36. The quantitative estimate of drug-likeness (QED) is 0.858. The molecule has 4 heteroatoms. The zero-order valence-electron chi connectivity index (χ0n) is 12.9. The summed E-state index contributed by atoms with van der Waals surface area (Å²) < 4.78 is 0. The lowest BCUT2D eigenvalue weighted by atomic mass is 9.97. The van der Waals surface area contributed by atoms with Gasteiger partial charge in [0.1, 0.15) is 0 Å². The van der Waals surface area contributed by atoms with Gasteiger partial charge < -0.3 is 10.0 Å². The first-order chi connectivity index (χ1) is 9.66. The molecule has 0 saturated carbocycles. The lowest BCUT2D eigenvalue weighted by Gasteiger charge is -2.37. The molecule has 0 radical (unpaired) electrons. The van der Waals surface area contributed by atoms with Gasteiger partial charge in [-0.05, 0) is 45.6 Å². The highest BCUT2D eigenvalue weighted by molar-refractivity contribution is 5.78. The van der Waals surface area contributed by atoms with Crippen LogP contribution in [0, 0.1) is 0 Å². The van der Waals surface area contributed by atoms with Crippen molar-refractivity contribution < 1.29 is 9.90 Å². The fraction of sp³-hybridized carbons (Fsp3) is 0.938. The van der Waals surface area contributed by atoms with Crippen molar-refractivity contribution in [3.63, 3.8) is 0 Å². The van der Waals surface area contributed by atoms with E-state index in [1.54, 1.807) is 0 Å². The van der Waals surface area contributed by atoms with Crippen molar-refractivity contribution >= 4 is 5.91 Å². The highest BCUT2D eigenvalue weighted by Crippen LogP contribution is 2.21. The topological polar surface area (TPSA) is 43.8 Å². The third kappa shape index (κ3) is 4.74. The average molecular weight is 282 g/mol. The van der Waals surface area contributed by atoms with Crippen molar-refractivity contribution in [2.75, 3.05) is 26.2 Å². The Morgan fingerprint density at radius 3 is 2.40 bits per heavy atom. The van der Waals surface area contributed by atoms with Crippen LogP contribution in [-0.4, -0.2) is 59.1 Å². The first-order valence-electron chi connectivity index (χ1n) is 8.36. The number of hydrogen-bond acceptors (Lipinski definition) is 3. The summed E-state index contributed by atoms with van der Waals surface area (Å²) in [4.78, 5) is 16.8. The van der Waals surface area contributed by atoms with E-state index in [9.17, 15) is 9.90 Å². The number of likely N-dealkylation sites (tertiary alicyclic amines) is 2. The molecular weight excluding hydrogens is 252 g/mol. The summed E-state index contributed by atoms with van der Waals surface area (Å²) in [5, 5.41) is 9.62. The van der Waals surface area contributed by atoms with Crippen LogP contribution in [0.5, 0.6) is 0 Å². The second kappa shape index (κ2) is 7.99. The Morgan fingerprint density at radius 1 is 1.10 bits per heavy atom. The third-order valence-electron chi connectivity index (χ3n) is 4.66. The van der Waals surface area contributed by atoms with Gasteiger partial charge >= 0.3 is 0 Å². The predicted molar refractivity (Wildman–Crippen MR) is 80.6 cm³/mol. The van der Waals surface area contributed by atoms with Crippen LogP contribution in [0.4, 0.5) is 0 Å². The van der Waals surface area contributed by atoms with E-state index in [1.807, 2.05) is 6.92 Å². The van der Waals surface area contributed by atoms with Crippen LogP contribution in [0.25, 0.3) is 0 Å². The number of aliphatic hydroxyl groups is 1. The van der Waals surface area contributed by atoms with Crippen LogP contribution in [-0.2, 0) is 4.79 Å². The van der Waals surface area contributed by atoms with Crippen LogP contribution in [0.15, 0.2) is 0 Å². The number of aliphatic hydroxyl groups excluding tert-OH is 1. The van der Waals surface area contributed by atoms with Gasteiger partial charge in [0.25, 0.3) is 0 Å². The summed E-state index contributed by atoms with van der Waals surface area (Å²) in [7, 11) is 0. The van der Waals surface area contributed by atoms with Crippen LogP contribution in [0.3, 0.4) is 0 Å². The second-order valence-electron chi connectivity index (χ2n) is 6.50. The van der Waals surface area contributed by atoms with Crippen LogP contribution >= 0.6 is 0 Å². The predicted octanol–water partition coefficient (Wildman–Crippen LogP) is 2.01. The fourth-order valence-corrected chi connectivity index (χ4v) is 3.52. The summed E-state index contributed by atoms with van der Waals surface area (Å²) in [5.41, 5.74) is 0. The van der Waals surface area contributed by atoms with Crippen LogP contribution < -0.4 is 0 Å². The summed E-state index contributed by atoms with van der Waals surface area (Å²) in [5.74, 6) is 0.296. The van der Waals surface area contributed by atoms with Gasteiger partial charge in [0, 0.05) is 19.1 Å². The largest absolute Gasteiger partial charge is 0.393 e. The van der Waals surface area contributed by atoms with E-state index in [0.717, 1.165) is 45.3 Å². The number of carbonyl (C=O) groups excluding carboxylic acids is 1. The summed E-state index contributed by atoms with van der Waals surface area (Å²) in [6, 6.07) is 0.389. The Bertz CT molecular complexity index is 299. The van der Waals surface area contributed by atoms with Crippen molar-refractivity contribution in [3.8, 4) is 0 Å². The van der Waals surface area contributed by atoms with E-state index in [2.05, 4.69) is 9.80 Å². The van der Waals surface area contributed by atoms with Gasteiger partial charge in [0.15, 0.2) is 0 Å². The molecule has 0 bridgehead atoms. The molecule has 2 unspecified atom stereocenters. The molecule has 2 atom stereocenters. The number of amides is 1. The lowest BCUT2D eigenvalue weighted by Crippen LogP contribution is -2.47. The zero-order chi connectivity index (χ0) is 14.4. The van der Waals surface area contributed by atoms with Gasteiger partial charge in [-0.25, -0.2) is 0 Å². The Hall–Kier alpha value is -0.610. The number of piperidine rings is 1. The van der Waals surface area contributed by atoms with Crippen LogP contribution in [0.1, 0.15) is 58.3 Å². The molecule has 0 aromatic carbocycles. The second-order valence-corrected chi connectivity index (χ2v) is 6.50. The van der Waals surface area contributed by atoms with Crippen molar-refractivity contribution in [2.24, 2.45) is 0 Å². The van der Waals surface area contributed by atoms with Crippen LogP contribution in [0.2, 0.25) is 0 Å². The molecule has 20 heavy (non-hydrogen) atoms. The van der Waals surface area contributed by atoms with Gasteiger partial charge in [-0.2, -0.15) is 0 Å². The molecule has 1 amide bonds. The SMILES string of the molecule is CC(O)CC1CCCCN1CC(=O)N1CCCCCC1. The molecule has 1 N–H and O–H groups in total. The first kappa shape index (κ1) is 15.8. The van der Waals surface area contributed by atoms with E-state index >= 15 is 0 Å². The smallest absolute Gasteiger partial charge is 0.236 e. The molecule has 0 spiro atoms. The Balaban J connectivity index is 1.86. The monoisotopic (exact) mass is 282 g/mol. The molecule has 2 saturated heterocycles. The van der Waals surface area contributed by atoms with Gasteiger partial charge in [0.2, 0.25) is 5.91 Å². The molecule has 0 aliphatic carbocycles. The summed E-state index contributed by atoms with van der Waals surface area (Å²) >= 11 is 0. The molecule has 2 fully saturated rings. The van der Waals surface area contributed by atoms with E-state index in [4.69, 9.17) is 0 Å². The van der Waals surface area contributed by atoms with Crippen molar-refractivity contribution in [1.29, 1.82) is 0 Å². The highest BCUT2D eigenvalue weighted by Gasteiger charge is 2.27. The summed E-state index contributed by atoms with van der Waals surface area (Å²) in [6.07, 6.45) is 8.90. The van der Waals surface area contributed by atoms with E-state index in [0.29, 0.717) is 18.5 Å². The van der Waals surface area contributed by atoms with Gasteiger partial charge in [-0.3, -0.25) is 9.69 Å². The molecule has 2 heterocycles. The highest BCUT2D eigenvalue weighted by atomic mass is 16.3. The average Bonchev–Trinajstić information content (AvgIpc) is 2.69. The molecule has 2 aliphatic heterocycles. The number of carbonyl (C=O) groups is 1. The maximum Gasteiger partial charge on any atom is 0.236 e. The van der Waals surface area contributed by atoms with Crippen molar-refractivity contribution in [2.45, 2.75) is 70.4 Å². The Kier molecular flexibility index (Phi) is 6.30. The van der Waals surface area contributed by atoms with E-state index in [1.165, 1.54) is 25.7 Å². The number of rotatable bonds is 4. The number of hydrogen-bond donors (Lipinski definition) is 1. The molecular formula is C16H30N2O2. The maximum absolute atomic E-state index is 12.5. The van der Waals surface area contributed by atoms with E-state index < -0.39 is 0 Å². The fourth-order valence-electron chi connectivity index (χ4n) is 3.52. The van der Waals surface area contributed by atoms with Gasteiger partial charge in [-0.15, -0.1) is 0 Å². The molecule has 2 rings (SSSR count). The van der Waals surface area contributed by atoms with Crippen molar-refractivity contribution in [1.82, 2.24) is 9.80 Å². The normalized spacial score (nSPS) is 27.1. The number of nitrogens with zero attached hydrogens (tertiary/aromatic N) is 2. The van der Waals surface area contributed by atoms with Crippen molar-refractivity contribution in [3.05, 3.63) is 0 Å².